The van der Waals surface area contributed by atoms with Crippen molar-refractivity contribution >= 4 is 40.0 Å². The summed E-state index contributed by atoms with van der Waals surface area (Å²) in [6.45, 7) is 9.43. The van der Waals surface area contributed by atoms with E-state index < -0.39 is 11.9 Å². The van der Waals surface area contributed by atoms with Gasteiger partial charge in [0.15, 0.2) is 0 Å². The number of fused-ring (bicyclic) bond motifs is 3. The summed E-state index contributed by atoms with van der Waals surface area (Å²) < 4.78 is 44.9. The van der Waals surface area contributed by atoms with Crippen molar-refractivity contribution in [2.75, 3.05) is 52.4 Å². The first-order valence-electron chi connectivity index (χ1n) is 18.1. The van der Waals surface area contributed by atoms with E-state index in [0.717, 1.165) is 99.3 Å². The van der Waals surface area contributed by atoms with Crippen LogP contribution >= 0.6 is 23.2 Å². The first-order valence-corrected chi connectivity index (χ1v) is 18.9. The summed E-state index contributed by atoms with van der Waals surface area (Å²) >= 11 is 12.9. The molecule has 3 aromatic carbocycles. The maximum atomic E-state index is 13.2. The Bertz CT molecular complexity index is 1900. The lowest BCUT2D eigenvalue weighted by Gasteiger charge is -2.52. The zero-order valence-corrected chi connectivity index (χ0v) is 30.3. The number of benzene rings is 3. The van der Waals surface area contributed by atoms with Gasteiger partial charge in [0.05, 0.1) is 0 Å². The van der Waals surface area contributed by atoms with E-state index in [1.54, 1.807) is 12.1 Å². The summed E-state index contributed by atoms with van der Waals surface area (Å²) in [4.78, 5) is 18.2. The molecule has 13 heteroatoms. The number of nitrogens with zero attached hydrogens (tertiary/aromatic N) is 3. The number of hydrogen-bond donors (Lipinski definition) is 3. The first-order chi connectivity index (χ1) is 25.0. The molecule has 0 spiro atoms. The Morgan fingerprint density at radius 3 is 2.31 bits per heavy atom. The van der Waals surface area contributed by atoms with E-state index in [4.69, 9.17) is 23.2 Å². The summed E-state index contributed by atoms with van der Waals surface area (Å²) in [5, 5.41) is 12.4. The van der Waals surface area contributed by atoms with Gasteiger partial charge in [0.2, 0.25) is 5.91 Å². The molecular formula is C39H43Cl2F3N6O2. The van der Waals surface area contributed by atoms with Crippen molar-refractivity contribution < 1.29 is 22.7 Å². The van der Waals surface area contributed by atoms with Crippen LogP contribution in [-0.4, -0.2) is 84.5 Å². The SMILES string of the molecule is O=C(NCCCn1cc(-c2ccc(OC(F)(F)F)cc2)c2cc(CN3CC4CN(Cc5c(Cl)cccc5Cl)CC4C3)ccc21)C12CCNCC1CN2. The van der Waals surface area contributed by atoms with Crippen molar-refractivity contribution in [3.05, 3.63) is 88.0 Å². The molecule has 3 N–H and O–H groups in total. The highest BCUT2D eigenvalue weighted by atomic mass is 35.5. The van der Waals surface area contributed by atoms with Crippen molar-refractivity contribution in [2.45, 2.75) is 44.4 Å². The maximum Gasteiger partial charge on any atom is 0.573 e. The minimum Gasteiger partial charge on any atom is -0.406 e. The minimum atomic E-state index is -4.75. The third-order valence-electron chi connectivity index (χ3n) is 11.5. The molecule has 4 aliphatic rings. The number of halogens is 5. The van der Waals surface area contributed by atoms with Gasteiger partial charge >= 0.3 is 6.36 Å². The van der Waals surface area contributed by atoms with Crippen LogP contribution in [0.3, 0.4) is 0 Å². The Labute approximate surface area is 311 Å². The average Bonchev–Trinajstić information content (AvgIpc) is 3.76. The molecule has 4 aromatic rings. The first kappa shape index (κ1) is 35.7. The van der Waals surface area contributed by atoms with Gasteiger partial charge in [-0.3, -0.25) is 14.6 Å². The fourth-order valence-corrected chi connectivity index (χ4v) is 9.40. The number of nitrogens with one attached hydrogen (secondary N) is 3. The number of ether oxygens (including phenoxy) is 1. The lowest BCUT2D eigenvalue weighted by atomic mass is 9.71. The molecule has 276 valence electrons. The van der Waals surface area contributed by atoms with Gasteiger partial charge in [-0.05, 0) is 78.7 Å². The van der Waals surface area contributed by atoms with Crippen LogP contribution in [0.15, 0.2) is 66.9 Å². The van der Waals surface area contributed by atoms with E-state index in [0.29, 0.717) is 40.9 Å². The van der Waals surface area contributed by atoms with Crippen LogP contribution < -0.4 is 20.7 Å². The van der Waals surface area contributed by atoms with Gasteiger partial charge in [-0.2, -0.15) is 0 Å². The van der Waals surface area contributed by atoms with Gasteiger partial charge in [0, 0.05) is 110 Å². The summed E-state index contributed by atoms with van der Waals surface area (Å²) in [5.74, 6) is 1.33. The predicted octanol–water partition coefficient (Wildman–Crippen LogP) is 6.54. The molecule has 0 saturated carbocycles. The summed E-state index contributed by atoms with van der Waals surface area (Å²) in [6.07, 6.45) is -1.14. The fraction of sp³-hybridized carbons (Fsp3) is 0.462. The lowest BCUT2D eigenvalue weighted by molar-refractivity contribution is -0.274. The van der Waals surface area contributed by atoms with Crippen molar-refractivity contribution in [1.82, 2.24) is 30.3 Å². The molecule has 4 atom stereocenters. The predicted molar refractivity (Wildman–Crippen MR) is 197 cm³/mol. The Hall–Kier alpha value is -3.32. The third kappa shape index (κ3) is 7.28. The zero-order valence-electron chi connectivity index (χ0n) is 28.8. The number of rotatable bonds is 11. The van der Waals surface area contributed by atoms with Gasteiger partial charge in [-0.1, -0.05) is 47.5 Å². The van der Waals surface area contributed by atoms with Gasteiger partial charge in [0.1, 0.15) is 11.3 Å². The molecule has 1 aromatic heterocycles. The molecule has 8 nitrogen and oxygen atoms in total. The molecule has 4 unspecified atom stereocenters. The molecule has 0 aliphatic carbocycles. The van der Waals surface area contributed by atoms with Crippen LogP contribution in [0.2, 0.25) is 10.0 Å². The fourth-order valence-electron chi connectivity index (χ4n) is 8.89. The molecule has 0 radical (unpaired) electrons. The molecule has 4 fully saturated rings. The van der Waals surface area contributed by atoms with E-state index in [1.165, 1.54) is 17.7 Å². The topological polar surface area (TPSA) is 73.8 Å². The van der Waals surface area contributed by atoms with E-state index in [9.17, 15) is 18.0 Å². The van der Waals surface area contributed by atoms with E-state index in [1.807, 2.05) is 18.2 Å². The smallest absolute Gasteiger partial charge is 0.406 e. The summed E-state index contributed by atoms with van der Waals surface area (Å²) in [6, 6.07) is 18.3. The van der Waals surface area contributed by atoms with Gasteiger partial charge in [-0.15, -0.1) is 13.2 Å². The number of aryl methyl sites for hydroxylation is 1. The van der Waals surface area contributed by atoms with Crippen LogP contribution in [0.25, 0.3) is 22.0 Å². The van der Waals surface area contributed by atoms with Crippen molar-refractivity contribution in [3.8, 4) is 16.9 Å². The van der Waals surface area contributed by atoms with Crippen LogP contribution in [0.4, 0.5) is 13.2 Å². The number of piperidine rings is 1. The molecule has 1 amide bonds. The number of hydrogen-bond acceptors (Lipinski definition) is 6. The molecule has 4 saturated heterocycles. The Morgan fingerprint density at radius 1 is 0.942 bits per heavy atom. The number of aromatic nitrogens is 1. The van der Waals surface area contributed by atoms with Gasteiger partial charge < -0.3 is 25.3 Å². The highest BCUT2D eigenvalue weighted by Gasteiger charge is 2.53. The van der Waals surface area contributed by atoms with E-state index in [2.05, 4.69) is 59.5 Å². The normalized spacial score (nSPS) is 24.8. The summed E-state index contributed by atoms with van der Waals surface area (Å²) in [5.41, 5.74) is 4.54. The summed E-state index contributed by atoms with van der Waals surface area (Å²) in [7, 11) is 0. The number of amides is 1. The number of likely N-dealkylation sites (tertiary alicyclic amines) is 2. The highest BCUT2D eigenvalue weighted by molar-refractivity contribution is 6.36. The van der Waals surface area contributed by atoms with E-state index in [-0.39, 0.29) is 11.7 Å². The van der Waals surface area contributed by atoms with Crippen LogP contribution in [0.5, 0.6) is 5.75 Å². The monoisotopic (exact) mass is 754 g/mol. The molecular weight excluding hydrogens is 712 g/mol. The molecule has 52 heavy (non-hydrogen) atoms. The quantitative estimate of drug-likeness (QED) is 0.151. The van der Waals surface area contributed by atoms with Crippen molar-refractivity contribution in [1.29, 1.82) is 0 Å². The standard InChI is InChI=1S/C39H43Cl2F3N6O2/c40-34-3-1-4-35(41)33(34)23-49-21-27-19-48(20-28(27)22-49)18-25-5-10-36-31(15-25)32(26-6-8-30(9-7-26)52-39(42,43)44)24-50(36)14-2-12-46-37(51)38-11-13-45-16-29(38)17-47-38/h1,3-10,15,24,27-29,45,47H,2,11-14,16-23H2,(H,46,51). The Balaban J connectivity index is 0.953. The molecule has 0 bridgehead atoms. The van der Waals surface area contributed by atoms with Gasteiger partial charge in [-0.25, -0.2) is 0 Å². The molecule has 8 rings (SSSR count). The second-order valence-electron chi connectivity index (χ2n) is 14.9. The third-order valence-corrected chi connectivity index (χ3v) is 12.3. The van der Waals surface area contributed by atoms with Crippen LogP contribution in [-0.2, 0) is 24.4 Å². The Kier molecular flexibility index (Phi) is 9.95. The van der Waals surface area contributed by atoms with Gasteiger partial charge in [0.25, 0.3) is 0 Å². The second-order valence-corrected chi connectivity index (χ2v) is 15.7. The second kappa shape index (κ2) is 14.5. The number of carbonyl (C=O) groups excluding carboxylic acids is 1. The van der Waals surface area contributed by atoms with Crippen LogP contribution in [0.1, 0.15) is 24.0 Å². The average molecular weight is 756 g/mol. The maximum absolute atomic E-state index is 13.2. The minimum absolute atomic E-state index is 0.0814. The molecule has 5 heterocycles. The lowest BCUT2D eigenvalue weighted by Crippen LogP contribution is -2.76. The number of alkyl halides is 3. The van der Waals surface area contributed by atoms with E-state index >= 15 is 0 Å². The Morgan fingerprint density at radius 2 is 1.65 bits per heavy atom. The van der Waals surface area contributed by atoms with Crippen molar-refractivity contribution in [2.24, 2.45) is 17.8 Å². The number of carbonyl (C=O) groups is 1. The molecule has 4 aliphatic heterocycles. The van der Waals surface area contributed by atoms with Crippen LogP contribution in [0, 0.1) is 17.8 Å². The zero-order chi connectivity index (χ0) is 36.0. The largest absolute Gasteiger partial charge is 0.573 e. The van der Waals surface area contributed by atoms with Crippen molar-refractivity contribution in [3.63, 3.8) is 0 Å². The highest BCUT2D eigenvalue weighted by Crippen LogP contribution is 2.37.